The van der Waals surface area contributed by atoms with E-state index in [4.69, 9.17) is 0 Å². The quantitative estimate of drug-likeness (QED) is 0.333. The molecule has 0 nitrogen and oxygen atoms in total. The van der Waals surface area contributed by atoms with Crippen LogP contribution in [0.4, 0.5) is 0 Å². The molecule has 0 spiro atoms. The number of hydrogen-bond acceptors (Lipinski definition) is 0. The second kappa shape index (κ2) is 9.99. The van der Waals surface area contributed by atoms with Gasteiger partial charge in [-0.1, -0.05) is 67.8 Å². The van der Waals surface area contributed by atoms with Gasteiger partial charge in [0.2, 0.25) is 0 Å². The first-order valence-corrected chi connectivity index (χ1v) is 6.75. The Bertz CT molecular complexity index is 83.9. The fraction of sp³-hybridized carbons (Fsp3) is 1.00. The van der Waals surface area contributed by atoms with E-state index < -0.39 is 0 Å². The standard InChI is InChI=1S/C10H22BrP/c1-2-3-4-5-6-7-8-9-10(11)12/h10H,2-9,12H2,1H3. The van der Waals surface area contributed by atoms with Crippen LogP contribution in [0.1, 0.15) is 58.3 Å². The van der Waals surface area contributed by atoms with E-state index in [9.17, 15) is 0 Å². The Hall–Kier alpha value is 0.910. The number of unbranched alkanes of at least 4 members (excludes halogenated alkanes) is 6. The molecule has 0 saturated heterocycles. The lowest BCUT2D eigenvalue weighted by Gasteiger charge is -2.02. The van der Waals surface area contributed by atoms with E-state index >= 15 is 0 Å². The van der Waals surface area contributed by atoms with E-state index in [1.54, 1.807) is 0 Å². The number of alkyl halides is 1. The van der Waals surface area contributed by atoms with Crippen molar-refractivity contribution in [2.45, 2.75) is 62.9 Å². The van der Waals surface area contributed by atoms with Crippen molar-refractivity contribution < 1.29 is 0 Å². The summed E-state index contributed by atoms with van der Waals surface area (Å²) in [6.07, 6.45) is 11.2. The van der Waals surface area contributed by atoms with E-state index in [0.717, 1.165) is 0 Å². The highest BCUT2D eigenvalue weighted by atomic mass is 79.9. The highest BCUT2D eigenvalue weighted by Crippen LogP contribution is 2.17. The van der Waals surface area contributed by atoms with Crippen molar-refractivity contribution in [2.75, 3.05) is 0 Å². The third-order valence-electron chi connectivity index (χ3n) is 2.08. The second-order valence-corrected chi connectivity index (χ2v) is 6.38. The lowest BCUT2D eigenvalue weighted by molar-refractivity contribution is 0.584. The molecule has 0 N–H and O–H groups in total. The fourth-order valence-corrected chi connectivity index (χ4v) is 1.86. The van der Waals surface area contributed by atoms with Gasteiger partial charge in [-0.3, -0.25) is 0 Å². The first-order valence-electron chi connectivity index (χ1n) is 5.17. The Morgan fingerprint density at radius 2 is 1.50 bits per heavy atom. The van der Waals surface area contributed by atoms with Gasteiger partial charge in [-0.15, -0.1) is 9.24 Å². The van der Waals surface area contributed by atoms with Crippen molar-refractivity contribution in [3.05, 3.63) is 0 Å². The Morgan fingerprint density at radius 3 is 2.00 bits per heavy atom. The molecule has 0 aliphatic carbocycles. The fourth-order valence-electron chi connectivity index (χ4n) is 1.30. The Balaban J connectivity index is 2.82. The zero-order valence-electron chi connectivity index (χ0n) is 8.19. The zero-order chi connectivity index (χ0) is 9.23. The lowest BCUT2D eigenvalue weighted by atomic mass is 10.1. The van der Waals surface area contributed by atoms with E-state index in [1.807, 2.05) is 0 Å². The molecule has 0 saturated carbocycles. The summed E-state index contributed by atoms with van der Waals surface area (Å²) in [4.78, 5) is 0. The van der Waals surface area contributed by atoms with Gasteiger partial charge in [0, 0.05) is 4.57 Å². The molecule has 0 amide bonds. The third kappa shape index (κ3) is 10.9. The van der Waals surface area contributed by atoms with Crippen LogP contribution in [-0.2, 0) is 0 Å². The van der Waals surface area contributed by atoms with Crippen molar-refractivity contribution in [1.29, 1.82) is 0 Å². The first kappa shape index (κ1) is 12.9. The van der Waals surface area contributed by atoms with Gasteiger partial charge in [-0.05, 0) is 6.42 Å². The first-order chi connectivity index (χ1) is 5.77. The molecule has 74 valence electrons. The molecule has 12 heavy (non-hydrogen) atoms. The Labute approximate surface area is 88.2 Å². The Morgan fingerprint density at radius 1 is 1.00 bits per heavy atom. The van der Waals surface area contributed by atoms with Gasteiger partial charge in [0.15, 0.2) is 0 Å². The molecule has 0 aromatic heterocycles. The molecule has 2 unspecified atom stereocenters. The largest absolute Gasteiger partial charge is 0.123 e. The van der Waals surface area contributed by atoms with Gasteiger partial charge < -0.3 is 0 Å². The predicted octanol–water partition coefficient (Wildman–Crippen LogP) is 4.72. The minimum absolute atomic E-state index is 0.633. The minimum atomic E-state index is 0.633. The van der Waals surface area contributed by atoms with Gasteiger partial charge in [0.1, 0.15) is 0 Å². The summed E-state index contributed by atoms with van der Waals surface area (Å²) < 4.78 is 0.633. The van der Waals surface area contributed by atoms with Crippen LogP contribution >= 0.6 is 25.2 Å². The number of halogens is 1. The summed E-state index contributed by atoms with van der Waals surface area (Å²) in [6, 6.07) is 0. The molecular formula is C10H22BrP. The third-order valence-corrected chi connectivity index (χ3v) is 2.87. The molecule has 0 heterocycles. The van der Waals surface area contributed by atoms with Crippen LogP contribution in [0, 0.1) is 0 Å². The number of rotatable bonds is 8. The molecule has 2 atom stereocenters. The van der Waals surface area contributed by atoms with Crippen molar-refractivity contribution >= 4 is 25.2 Å². The summed E-state index contributed by atoms with van der Waals surface area (Å²) >= 11 is 3.53. The normalized spacial score (nSPS) is 13.2. The van der Waals surface area contributed by atoms with Crippen LogP contribution in [0.25, 0.3) is 0 Å². The predicted molar refractivity (Wildman–Crippen MR) is 65.0 cm³/mol. The topological polar surface area (TPSA) is 0 Å². The summed E-state index contributed by atoms with van der Waals surface area (Å²) in [5.74, 6) is 0. The molecule has 0 aliphatic heterocycles. The SMILES string of the molecule is CCCCCCCCCC(P)Br. The summed E-state index contributed by atoms with van der Waals surface area (Å²) in [5, 5.41) is 0. The average Bonchev–Trinajstić information content (AvgIpc) is 2.02. The summed E-state index contributed by atoms with van der Waals surface area (Å²) in [7, 11) is 2.79. The van der Waals surface area contributed by atoms with Crippen LogP contribution in [0.2, 0.25) is 0 Å². The van der Waals surface area contributed by atoms with Crippen LogP contribution < -0.4 is 0 Å². The van der Waals surface area contributed by atoms with Crippen LogP contribution in [0.3, 0.4) is 0 Å². The van der Waals surface area contributed by atoms with Gasteiger partial charge in [-0.2, -0.15) is 0 Å². The van der Waals surface area contributed by atoms with Crippen LogP contribution in [-0.4, -0.2) is 4.57 Å². The van der Waals surface area contributed by atoms with E-state index in [0.29, 0.717) is 4.57 Å². The molecule has 0 aromatic carbocycles. The van der Waals surface area contributed by atoms with Crippen molar-refractivity contribution in [3.63, 3.8) is 0 Å². The average molecular weight is 253 g/mol. The monoisotopic (exact) mass is 252 g/mol. The molecule has 2 heteroatoms. The molecule has 0 aliphatic rings. The molecule has 0 radical (unpaired) electrons. The molecule has 0 fully saturated rings. The maximum absolute atomic E-state index is 3.53. The van der Waals surface area contributed by atoms with E-state index in [1.165, 1.54) is 51.4 Å². The van der Waals surface area contributed by atoms with Gasteiger partial charge in [0.25, 0.3) is 0 Å². The summed E-state index contributed by atoms with van der Waals surface area (Å²) in [5.41, 5.74) is 0. The van der Waals surface area contributed by atoms with Crippen LogP contribution in [0.15, 0.2) is 0 Å². The number of hydrogen-bond donors (Lipinski definition) is 0. The van der Waals surface area contributed by atoms with Crippen molar-refractivity contribution in [2.24, 2.45) is 0 Å². The Kier molecular flexibility index (Phi) is 10.8. The molecular weight excluding hydrogens is 231 g/mol. The van der Waals surface area contributed by atoms with Gasteiger partial charge >= 0.3 is 0 Å². The zero-order valence-corrected chi connectivity index (χ0v) is 10.9. The molecule has 0 aromatic rings. The maximum atomic E-state index is 3.53. The van der Waals surface area contributed by atoms with E-state index in [2.05, 4.69) is 32.1 Å². The summed E-state index contributed by atoms with van der Waals surface area (Å²) in [6.45, 7) is 2.27. The highest BCUT2D eigenvalue weighted by molar-refractivity contribution is 9.10. The van der Waals surface area contributed by atoms with Crippen LogP contribution in [0.5, 0.6) is 0 Å². The lowest BCUT2D eigenvalue weighted by Crippen LogP contribution is -1.85. The molecule has 0 rings (SSSR count). The minimum Gasteiger partial charge on any atom is -0.123 e. The second-order valence-electron chi connectivity index (χ2n) is 3.43. The van der Waals surface area contributed by atoms with Gasteiger partial charge in [0.05, 0.1) is 0 Å². The van der Waals surface area contributed by atoms with Crippen molar-refractivity contribution in [3.8, 4) is 0 Å². The smallest absolute Gasteiger partial charge is 0.0288 e. The van der Waals surface area contributed by atoms with E-state index in [-0.39, 0.29) is 0 Å². The van der Waals surface area contributed by atoms with Crippen molar-refractivity contribution in [1.82, 2.24) is 0 Å². The highest BCUT2D eigenvalue weighted by Gasteiger charge is 1.95. The maximum Gasteiger partial charge on any atom is 0.0288 e. The molecule has 0 bridgehead atoms. The van der Waals surface area contributed by atoms with Gasteiger partial charge in [-0.25, -0.2) is 0 Å².